The minimum atomic E-state index is -0.668. The molecule has 0 spiro atoms. The highest BCUT2D eigenvalue weighted by Crippen LogP contribution is 2.35. The van der Waals surface area contributed by atoms with Crippen LogP contribution in [0.2, 0.25) is 0 Å². The molecule has 39 heavy (non-hydrogen) atoms. The Bertz CT molecular complexity index is 1470. The van der Waals surface area contributed by atoms with Crippen molar-refractivity contribution < 1.29 is 28.0 Å². The number of fused-ring (bicyclic) bond motifs is 1. The first kappa shape index (κ1) is 27.6. The van der Waals surface area contributed by atoms with Gasteiger partial charge in [-0.25, -0.2) is 9.78 Å². The predicted octanol–water partition coefficient (Wildman–Crippen LogP) is 6.37. The topological polar surface area (TPSA) is 130 Å². The number of amides is 1. The van der Waals surface area contributed by atoms with Crippen molar-refractivity contribution in [3.63, 3.8) is 0 Å². The number of carbonyl (C=O) groups excluding carboxylic acids is 2. The second-order valence-corrected chi connectivity index (χ2v) is 10.0. The number of methoxy groups -OCH3 is 1. The lowest BCUT2D eigenvalue weighted by Crippen LogP contribution is -2.35. The highest BCUT2D eigenvalue weighted by Gasteiger charge is 2.24. The largest absolute Gasteiger partial charge is 0.496 e. The molecule has 0 fully saturated rings. The van der Waals surface area contributed by atoms with Crippen molar-refractivity contribution in [2.45, 2.75) is 58.6 Å². The summed E-state index contributed by atoms with van der Waals surface area (Å²) in [7, 11) is 1.59. The van der Waals surface area contributed by atoms with E-state index in [0.29, 0.717) is 41.5 Å². The highest BCUT2D eigenvalue weighted by molar-refractivity contribution is 5.94. The molecular formula is C29H32N4O6. The van der Waals surface area contributed by atoms with Crippen LogP contribution < -0.4 is 10.1 Å². The van der Waals surface area contributed by atoms with Crippen LogP contribution in [0.4, 0.5) is 4.79 Å². The number of nitrogens with zero attached hydrogens (tertiary/aromatic N) is 3. The van der Waals surface area contributed by atoms with Crippen molar-refractivity contribution in [1.82, 2.24) is 20.4 Å². The first-order valence-electron chi connectivity index (χ1n) is 12.6. The number of oxazole rings is 1. The van der Waals surface area contributed by atoms with Crippen molar-refractivity contribution >= 4 is 22.8 Å². The van der Waals surface area contributed by atoms with E-state index in [0.717, 1.165) is 16.6 Å². The zero-order valence-electron chi connectivity index (χ0n) is 22.7. The Kier molecular flexibility index (Phi) is 8.43. The Balaban J connectivity index is 1.53. The van der Waals surface area contributed by atoms with E-state index in [4.69, 9.17) is 18.4 Å². The van der Waals surface area contributed by atoms with Gasteiger partial charge in [-0.05, 0) is 52.7 Å². The van der Waals surface area contributed by atoms with Crippen molar-refractivity contribution in [2.24, 2.45) is 0 Å². The van der Waals surface area contributed by atoms with Gasteiger partial charge in [0, 0.05) is 29.6 Å². The van der Waals surface area contributed by atoms with Crippen LogP contribution in [0.15, 0.2) is 63.9 Å². The van der Waals surface area contributed by atoms with E-state index in [1.54, 1.807) is 34.1 Å². The maximum Gasteiger partial charge on any atom is 0.408 e. The van der Waals surface area contributed by atoms with Crippen LogP contribution in [0.3, 0.4) is 0 Å². The summed E-state index contributed by atoms with van der Waals surface area (Å²) in [4.78, 5) is 33.7. The summed E-state index contributed by atoms with van der Waals surface area (Å²) in [5.74, 6) is 1.28. The molecule has 1 amide bonds. The summed E-state index contributed by atoms with van der Waals surface area (Å²) < 4.78 is 21.9. The third-order valence-corrected chi connectivity index (χ3v) is 5.73. The molecular weight excluding hydrogens is 500 g/mol. The number of Topliss-reactive ketones (excluding diaryl/α,β-unsaturated/α-hetero) is 1. The highest BCUT2D eigenvalue weighted by atomic mass is 16.6. The van der Waals surface area contributed by atoms with Gasteiger partial charge in [0.1, 0.15) is 29.3 Å². The number of rotatable bonds is 10. The summed E-state index contributed by atoms with van der Waals surface area (Å²) in [6, 6.07) is 8.66. The molecule has 0 aliphatic heterocycles. The minimum absolute atomic E-state index is 0.108. The van der Waals surface area contributed by atoms with E-state index in [-0.39, 0.29) is 12.2 Å². The molecule has 10 nitrogen and oxygen atoms in total. The Morgan fingerprint density at radius 2 is 1.97 bits per heavy atom. The van der Waals surface area contributed by atoms with Crippen LogP contribution in [0.5, 0.6) is 5.75 Å². The summed E-state index contributed by atoms with van der Waals surface area (Å²) in [6.45, 7) is 7.31. The molecule has 1 aromatic carbocycles. The first-order chi connectivity index (χ1) is 18.6. The van der Waals surface area contributed by atoms with E-state index in [9.17, 15) is 9.59 Å². The standard InChI is InChI=1S/C29H32N4O6/c1-18-11-12-19-15-20(25(36-5)16-23(19)31-18)26-17-30-27(38-26)22(32-28(35)39-29(2,3)4)9-7-6-8-10-24(34)21-13-14-37-33-21/h6-7,11-17,22H,8-10H2,1-5H3,(H,32,35)/b7-6+/t22-/m0/s1. The SMILES string of the molecule is COc1cc2nc(C)ccc2cc1-c1cnc([C@H](C/C=C/CCC(=O)c2ccon2)NC(=O)OC(C)(C)C)o1. The lowest BCUT2D eigenvalue weighted by Gasteiger charge is -2.22. The molecule has 0 bridgehead atoms. The van der Waals surface area contributed by atoms with E-state index in [1.807, 2.05) is 43.3 Å². The number of hydrogen-bond acceptors (Lipinski definition) is 9. The van der Waals surface area contributed by atoms with Crippen molar-refractivity contribution in [2.75, 3.05) is 7.11 Å². The molecule has 4 aromatic rings. The molecule has 1 atom stereocenters. The number of ketones is 1. The predicted molar refractivity (Wildman–Crippen MR) is 144 cm³/mol. The fraction of sp³-hybridized carbons (Fsp3) is 0.345. The van der Waals surface area contributed by atoms with E-state index in [1.165, 1.54) is 12.3 Å². The Labute approximate surface area is 226 Å². The van der Waals surface area contributed by atoms with Crippen molar-refractivity contribution in [3.05, 3.63) is 72.2 Å². The Morgan fingerprint density at radius 1 is 1.15 bits per heavy atom. The number of ether oxygens (including phenoxy) is 2. The van der Waals surface area contributed by atoms with E-state index >= 15 is 0 Å². The quantitative estimate of drug-likeness (QED) is 0.183. The maximum atomic E-state index is 12.6. The van der Waals surface area contributed by atoms with Crippen LogP contribution in [0.1, 0.15) is 68.1 Å². The summed E-state index contributed by atoms with van der Waals surface area (Å²) in [5, 5.41) is 7.44. The fourth-order valence-electron chi connectivity index (χ4n) is 3.91. The lowest BCUT2D eigenvalue weighted by molar-refractivity contribution is 0.0496. The number of carbonyl (C=O) groups is 2. The molecule has 0 aliphatic carbocycles. The molecule has 0 aliphatic rings. The van der Waals surface area contributed by atoms with Crippen molar-refractivity contribution in [3.8, 4) is 17.1 Å². The van der Waals surface area contributed by atoms with Gasteiger partial charge in [0.15, 0.2) is 11.5 Å². The van der Waals surface area contributed by atoms with Crippen molar-refractivity contribution in [1.29, 1.82) is 0 Å². The molecule has 4 rings (SSSR count). The average molecular weight is 533 g/mol. The first-order valence-corrected chi connectivity index (χ1v) is 12.6. The number of allylic oxidation sites excluding steroid dienone is 1. The van der Waals surface area contributed by atoms with Gasteiger partial charge < -0.3 is 23.7 Å². The van der Waals surface area contributed by atoms with Crippen LogP contribution in [0, 0.1) is 6.92 Å². The summed E-state index contributed by atoms with van der Waals surface area (Å²) in [6.07, 6.45) is 7.27. The number of hydrogen-bond donors (Lipinski definition) is 1. The van der Waals surface area contributed by atoms with Crippen LogP contribution in [-0.2, 0) is 4.74 Å². The molecule has 204 valence electrons. The van der Waals surface area contributed by atoms with E-state index in [2.05, 4.69) is 20.4 Å². The zero-order chi connectivity index (χ0) is 28.0. The van der Waals surface area contributed by atoms with Gasteiger partial charge in [-0.2, -0.15) is 0 Å². The minimum Gasteiger partial charge on any atom is -0.496 e. The third kappa shape index (κ3) is 7.31. The molecule has 0 unspecified atom stereocenters. The fourth-order valence-corrected chi connectivity index (χ4v) is 3.91. The maximum absolute atomic E-state index is 12.6. The second-order valence-electron chi connectivity index (χ2n) is 10.0. The summed E-state index contributed by atoms with van der Waals surface area (Å²) >= 11 is 0. The number of aromatic nitrogens is 3. The smallest absolute Gasteiger partial charge is 0.408 e. The van der Waals surface area contributed by atoms with Crippen LogP contribution in [-0.4, -0.2) is 39.7 Å². The molecule has 3 heterocycles. The van der Waals surface area contributed by atoms with E-state index < -0.39 is 17.7 Å². The number of benzene rings is 1. The van der Waals surface area contributed by atoms with Crippen LogP contribution >= 0.6 is 0 Å². The molecule has 0 radical (unpaired) electrons. The van der Waals surface area contributed by atoms with Gasteiger partial charge >= 0.3 is 6.09 Å². The number of pyridine rings is 1. The molecule has 10 heteroatoms. The summed E-state index contributed by atoms with van der Waals surface area (Å²) in [5.41, 5.74) is 2.07. The van der Waals surface area contributed by atoms with Gasteiger partial charge in [-0.3, -0.25) is 9.78 Å². The monoisotopic (exact) mass is 532 g/mol. The number of aryl methyl sites for hydroxylation is 1. The Morgan fingerprint density at radius 3 is 2.69 bits per heavy atom. The number of alkyl carbamates (subject to hydrolysis) is 1. The van der Waals surface area contributed by atoms with Gasteiger partial charge in [-0.15, -0.1) is 0 Å². The lowest BCUT2D eigenvalue weighted by atomic mass is 10.1. The average Bonchev–Trinajstić information content (AvgIpc) is 3.58. The Hall–Kier alpha value is -4.47. The van der Waals surface area contributed by atoms with Gasteiger partial charge in [-0.1, -0.05) is 23.4 Å². The third-order valence-electron chi connectivity index (χ3n) is 5.73. The molecule has 1 N–H and O–H groups in total. The van der Waals surface area contributed by atoms with Gasteiger partial charge in [0.25, 0.3) is 0 Å². The molecule has 0 saturated heterocycles. The van der Waals surface area contributed by atoms with Gasteiger partial charge in [0.2, 0.25) is 5.89 Å². The van der Waals surface area contributed by atoms with Crippen LogP contribution in [0.25, 0.3) is 22.2 Å². The molecule has 3 aromatic heterocycles. The normalized spacial score (nSPS) is 12.5. The second kappa shape index (κ2) is 11.9. The van der Waals surface area contributed by atoms with Gasteiger partial charge in [0.05, 0.1) is 24.4 Å². The number of nitrogens with one attached hydrogen (secondary N) is 1. The molecule has 0 saturated carbocycles. The zero-order valence-corrected chi connectivity index (χ0v) is 22.7.